The highest BCUT2D eigenvalue weighted by Crippen LogP contribution is 2.23. The number of para-hydroxylation sites is 1. The van der Waals surface area contributed by atoms with E-state index in [1.165, 1.54) is 18.3 Å². The number of hydrogen-bond donors (Lipinski definition) is 2. The van der Waals surface area contributed by atoms with E-state index >= 15 is 0 Å². The molecule has 0 aliphatic heterocycles. The number of rotatable bonds is 6. The summed E-state index contributed by atoms with van der Waals surface area (Å²) >= 11 is 3.41. The molecule has 0 saturated carbocycles. The van der Waals surface area contributed by atoms with Crippen LogP contribution in [0.1, 0.15) is 16.7 Å². The van der Waals surface area contributed by atoms with Crippen molar-refractivity contribution < 1.29 is 13.9 Å². The van der Waals surface area contributed by atoms with Crippen molar-refractivity contribution in [2.75, 3.05) is 5.32 Å². The molecule has 0 aromatic heterocycles. The first-order chi connectivity index (χ1) is 14.0. The fourth-order valence-corrected chi connectivity index (χ4v) is 2.94. The van der Waals surface area contributed by atoms with Gasteiger partial charge in [0.2, 0.25) is 0 Å². The Morgan fingerprint density at radius 1 is 1.14 bits per heavy atom. The number of urea groups is 1. The van der Waals surface area contributed by atoms with Crippen molar-refractivity contribution in [3.8, 4) is 5.75 Å². The summed E-state index contributed by atoms with van der Waals surface area (Å²) in [5, 5.41) is 6.72. The minimum Gasteiger partial charge on any atom is -0.488 e. The molecule has 0 bridgehead atoms. The first kappa shape index (κ1) is 20.5. The summed E-state index contributed by atoms with van der Waals surface area (Å²) in [7, 11) is 0. The van der Waals surface area contributed by atoms with Crippen LogP contribution in [0.25, 0.3) is 0 Å². The van der Waals surface area contributed by atoms with Crippen LogP contribution in [0.2, 0.25) is 0 Å². The number of carbonyl (C=O) groups is 1. The zero-order valence-corrected chi connectivity index (χ0v) is 17.2. The van der Waals surface area contributed by atoms with Crippen LogP contribution in [-0.4, -0.2) is 12.2 Å². The van der Waals surface area contributed by atoms with Crippen molar-refractivity contribution in [1.29, 1.82) is 0 Å². The summed E-state index contributed by atoms with van der Waals surface area (Å²) < 4.78 is 19.9. The highest BCUT2D eigenvalue weighted by Gasteiger charge is 2.06. The van der Waals surface area contributed by atoms with E-state index in [1.807, 2.05) is 43.3 Å². The number of hydrogen-bond acceptors (Lipinski definition) is 3. The second kappa shape index (κ2) is 9.84. The molecule has 0 spiro atoms. The van der Waals surface area contributed by atoms with Crippen molar-refractivity contribution in [3.05, 3.63) is 93.7 Å². The van der Waals surface area contributed by atoms with Crippen molar-refractivity contribution in [3.63, 3.8) is 0 Å². The van der Waals surface area contributed by atoms with Crippen LogP contribution < -0.4 is 15.5 Å². The van der Waals surface area contributed by atoms with Crippen LogP contribution >= 0.6 is 15.9 Å². The average molecular weight is 456 g/mol. The number of benzene rings is 3. The van der Waals surface area contributed by atoms with Gasteiger partial charge in [-0.2, -0.15) is 5.10 Å². The maximum absolute atomic E-state index is 13.3. The lowest BCUT2D eigenvalue weighted by molar-refractivity contribution is 0.252. The first-order valence-corrected chi connectivity index (χ1v) is 9.63. The second-order valence-corrected chi connectivity index (χ2v) is 7.16. The summed E-state index contributed by atoms with van der Waals surface area (Å²) in [5.41, 5.74) is 5.47. The molecule has 0 aliphatic carbocycles. The van der Waals surface area contributed by atoms with Gasteiger partial charge < -0.3 is 10.1 Å². The second-order valence-electron chi connectivity index (χ2n) is 6.24. The highest BCUT2D eigenvalue weighted by atomic mass is 79.9. The number of anilines is 1. The Hall–Kier alpha value is -3.19. The SMILES string of the molecule is Cc1ccccc1NC(=O)NN=Cc1cc(Br)ccc1OCc1cccc(F)c1. The van der Waals surface area contributed by atoms with Gasteiger partial charge in [-0.05, 0) is 54.4 Å². The van der Waals surface area contributed by atoms with Gasteiger partial charge in [-0.1, -0.05) is 46.3 Å². The molecule has 29 heavy (non-hydrogen) atoms. The van der Waals surface area contributed by atoms with Gasteiger partial charge in [-0.25, -0.2) is 14.6 Å². The zero-order valence-electron chi connectivity index (χ0n) is 15.7. The normalized spacial score (nSPS) is 10.7. The number of carbonyl (C=O) groups excluding carboxylic acids is 1. The van der Waals surface area contributed by atoms with E-state index in [4.69, 9.17) is 4.74 Å². The molecule has 2 N–H and O–H groups in total. The lowest BCUT2D eigenvalue weighted by Gasteiger charge is -2.10. The van der Waals surface area contributed by atoms with Crippen LogP contribution in [0.4, 0.5) is 14.9 Å². The third-order valence-electron chi connectivity index (χ3n) is 4.02. The quantitative estimate of drug-likeness (QED) is 0.373. The standard InChI is InChI=1S/C22H19BrFN3O2/c1-15-5-2-3-8-20(15)26-22(28)27-25-13-17-12-18(23)9-10-21(17)29-14-16-6-4-7-19(24)11-16/h2-13H,14H2,1H3,(H2,26,27,28). The van der Waals surface area contributed by atoms with Crippen molar-refractivity contribution >= 4 is 33.9 Å². The third-order valence-corrected chi connectivity index (χ3v) is 4.51. The van der Waals surface area contributed by atoms with Gasteiger partial charge in [-0.3, -0.25) is 0 Å². The van der Waals surface area contributed by atoms with Gasteiger partial charge >= 0.3 is 6.03 Å². The predicted molar refractivity (Wildman–Crippen MR) is 116 cm³/mol. The Bertz CT molecular complexity index is 1040. The molecule has 148 valence electrons. The molecule has 2 amide bonds. The molecule has 0 heterocycles. The summed E-state index contributed by atoms with van der Waals surface area (Å²) in [6.45, 7) is 2.12. The summed E-state index contributed by atoms with van der Waals surface area (Å²) in [6.07, 6.45) is 1.49. The lowest BCUT2D eigenvalue weighted by atomic mass is 10.2. The first-order valence-electron chi connectivity index (χ1n) is 8.84. The lowest BCUT2D eigenvalue weighted by Crippen LogP contribution is -2.24. The van der Waals surface area contributed by atoms with Crippen molar-refractivity contribution in [1.82, 2.24) is 5.43 Å². The Labute approximate surface area is 176 Å². The van der Waals surface area contributed by atoms with Crippen LogP contribution in [0.5, 0.6) is 5.75 Å². The molecule has 0 fully saturated rings. The topological polar surface area (TPSA) is 62.7 Å². The largest absolute Gasteiger partial charge is 0.488 e. The molecule has 7 heteroatoms. The number of nitrogens with zero attached hydrogens (tertiary/aromatic N) is 1. The van der Waals surface area contributed by atoms with Crippen LogP contribution in [-0.2, 0) is 6.61 Å². The summed E-state index contributed by atoms with van der Waals surface area (Å²) in [5.74, 6) is 0.245. The van der Waals surface area contributed by atoms with Crippen molar-refractivity contribution in [2.24, 2.45) is 5.10 Å². The van der Waals surface area contributed by atoms with E-state index in [-0.39, 0.29) is 12.4 Å². The van der Waals surface area contributed by atoms with Gasteiger partial charge in [0.1, 0.15) is 18.2 Å². The molecule has 0 atom stereocenters. The van der Waals surface area contributed by atoms with E-state index in [2.05, 4.69) is 31.8 Å². The number of halogens is 2. The maximum atomic E-state index is 13.3. The van der Waals surface area contributed by atoms with Crippen LogP contribution in [0.15, 0.2) is 76.3 Å². The zero-order chi connectivity index (χ0) is 20.6. The van der Waals surface area contributed by atoms with Crippen LogP contribution in [0.3, 0.4) is 0 Å². The van der Waals surface area contributed by atoms with E-state index in [9.17, 15) is 9.18 Å². The minimum absolute atomic E-state index is 0.210. The molecule has 0 saturated heterocycles. The number of nitrogens with one attached hydrogen (secondary N) is 2. The van der Waals surface area contributed by atoms with Crippen molar-refractivity contribution in [2.45, 2.75) is 13.5 Å². The third kappa shape index (κ3) is 6.15. The van der Waals surface area contributed by atoms with E-state index < -0.39 is 6.03 Å². The van der Waals surface area contributed by atoms with E-state index in [0.717, 1.165) is 10.0 Å². The maximum Gasteiger partial charge on any atom is 0.339 e. The number of aryl methyl sites for hydroxylation is 1. The minimum atomic E-state index is -0.451. The Balaban J connectivity index is 1.64. The summed E-state index contributed by atoms with van der Waals surface area (Å²) in [6, 6.07) is 18.6. The molecule has 0 radical (unpaired) electrons. The number of hydrazone groups is 1. The average Bonchev–Trinajstić information content (AvgIpc) is 2.69. The van der Waals surface area contributed by atoms with Crippen LogP contribution in [0, 0.1) is 12.7 Å². The molecule has 0 unspecified atom stereocenters. The van der Waals surface area contributed by atoms with E-state index in [0.29, 0.717) is 22.6 Å². The molecule has 3 aromatic rings. The molecule has 5 nitrogen and oxygen atoms in total. The predicted octanol–water partition coefficient (Wildman–Crippen LogP) is 5.63. The monoisotopic (exact) mass is 455 g/mol. The fraction of sp³-hybridized carbons (Fsp3) is 0.0909. The molecular weight excluding hydrogens is 437 g/mol. The Morgan fingerprint density at radius 2 is 1.97 bits per heavy atom. The van der Waals surface area contributed by atoms with Gasteiger partial charge in [0, 0.05) is 15.7 Å². The van der Waals surface area contributed by atoms with Gasteiger partial charge in [0.15, 0.2) is 0 Å². The highest BCUT2D eigenvalue weighted by molar-refractivity contribution is 9.10. The molecule has 3 aromatic carbocycles. The number of amides is 2. The molecule has 3 rings (SSSR count). The number of ether oxygens (including phenoxy) is 1. The fourth-order valence-electron chi connectivity index (χ4n) is 2.56. The Morgan fingerprint density at radius 3 is 2.76 bits per heavy atom. The van der Waals surface area contributed by atoms with Gasteiger partial charge in [-0.15, -0.1) is 0 Å². The van der Waals surface area contributed by atoms with Gasteiger partial charge in [0.05, 0.1) is 6.21 Å². The molecular formula is C22H19BrFN3O2. The summed E-state index contributed by atoms with van der Waals surface area (Å²) in [4.78, 5) is 12.0. The molecule has 0 aliphatic rings. The van der Waals surface area contributed by atoms with E-state index in [1.54, 1.807) is 18.2 Å². The smallest absolute Gasteiger partial charge is 0.339 e. The van der Waals surface area contributed by atoms with Gasteiger partial charge in [0.25, 0.3) is 0 Å². The Kier molecular flexibility index (Phi) is 6.97.